The van der Waals surface area contributed by atoms with Crippen molar-refractivity contribution >= 4 is 11.6 Å². The Morgan fingerprint density at radius 3 is 2.75 bits per heavy atom. The maximum Gasteiger partial charge on any atom is 0.0624 e. The van der Waals surface area contributed by atoms with E-state index in [1.54, 1.807) is 0 Å². The van der Waals surface area contributed by atoms with E-state index in [0.29, 0.717) is 11.3 Å². The summed E-state index contributed by atoms with van der Waals surface area (Å²) in [5, 5.41) is 4.88. The van der Waals surface area contributed by atoms with Crippen LogP contribution in [0.1, 0.15) is 38.1 Å². The van der Waals surface area contributed by atoms with Gasteiger partial charge >= 0.3 is 0 Å². The normalized spacial score (nSPS) is 29.9. The quantitative estimate of drug-likeness (QED) is 0.742. The van der Waals surface area contributed by atoms with Gasteiger partial charge in [-0.05, 0) is 43.6 Å². The van der Waals surface area contributed by atoms with Crippen LogP contribution in [0.15, 0.2) is 6.07 Å². The summed E-state index contributed by atoms with van der Waals surface area (Å²) in [6.45, 7) is 4.44. The van der Waals surface area contributed by atoms with E-state index in [-0.39, 0.29) is 0 Å². The molecule has 3 unspecified atom stereocenters. The van der Waals surface area contributed by atoms with Crippen molar-refractivity contribution in [2.24, 2.45) is 18.9 Å². The fourth-order valence-electron chi connectivity index (χ4n) is 2.69. The SMILES string of the molecule is CCc1cc(CC2CCC(Cl)C2C)n(C)n1. The van der Waals surface area contributed by atoms with E-state index in [9.17, 15) is 0 Å². The minimum Gasteiger partial charge on any atom is -0.272 e. The Morgan fingerprint density at radius 1 is 1.50 bits per heavy atom. The predicted molar refractivity (Wildman–Crippen MR) is 67.8 cm³/mol. The zero-order chi connectivity index (χ0) is 11.7. The van der Waals surface area contributed by atoms with Crippen molar-refractivity contribution in [1.82, 2.24) is 9.78 Å². The summed E-state index contributed by atoms with van der Waals surface area (Å²) in [6.07, 6.45) is 4.59. The molecule has 0 saturated heterocycles. The molecule has 90 valence electrons. The molecule has 1 aromatic heterocycles. The number of hydrogen-bond acceptors (Lipinski definition) is 1. The molecule has 1 saturated carbocycles. The molecule has 3 heteroatoms. The van der Waals surface area contributed by atoms with E-state index >= 15 is 0 Å². The summed E-state index contributed by atoms with van der Waals surface area (Å²) in [7, 11) is 2.05. The molecule has 1 fully saturated rings. The molecular weight excluding hydrogens is 220 g/mol. The average molecular weight is 241 g/mol. The fourth-order valence-corrected chi connectivity index (χ4v) is 3.02. The number of alkyl halides is 1. The molecule has 0 N–H and O–H groups in total. The molecule has 0 bridgehead atoms. The first-order chi connectivity index (χ1) is 7.61. The van der Waals surface area contributed by atoms with Gasteiger partial charge in [-0.1, -0.05) is 13.8 Å². The molecule has 1 aromatic rings. The van der Waals surface area contributed by atoms with Crippen molar-refractivity contribution in [2.75, 3.05) is 0 Å². The Morgan fingerprint density at radius 2 is 2.25 bits per heavy atom. The van der Waals surface area contributed by atoms with Crippen LogP contribution in [0.4, 0.5) is 0 Å². The van der Waals surface area contributed by atoms with Crippen molar-refractivity contribution in [3.05, 3.63) is 17.5 Å². The van der Waals surface area contributed by atoms with Crippen LogP contribution in [0.2, 0.25) is 0 Å². The lowest BCUT2D eigenvalue weighted by Gasteiger charge is -2.16. The first kappa shape index (κ1) is 12.0. The Hall–Kier alpha value is -0.500. The van der Waals surface area contributed by atoms with Crippen molar-refractivity contribution in [2.45, 2.75) is 44.9 Å². The number of halogens is 1. The van der Waals surface area contributed by atoms with Gasteiger partial charge in [0.1, 0.15) is 0 Å². The van der Waals surface area contributed by atoms with E-state index < -0.39 is 0 Å². The van der Waals surface area contributed by atoms with Crippen molar-refractivity contribution < 1.29 is 0 Å². The number of aryl methyl sites for hydroxylation is 2. The van der Waals surface area contributed by atoms with Crippen LogP contribution >= 0.6 is 11.6 Å². The van der Waals surface area contributed by atoms with Crippen LogP contribution in [0.3, 0.4) is 0 Å². The first-order valence-corrected chi connectivity index (χ1v) is 6.71. The number of nitrogens with zero attached hydrogens (tertiary/aromatic N) is 2. The van der Waals surface area contributed by atoms with E-state index in [1.807, 2.05) is 11.7 Å². The van der Waals surface area contributed by atoms with Gasteiger partial charge in [0.25, 0.3) is 0 Å². The van der Waals surface area contributed by atoms with Crippen molar-refractivity contribution in [3.8, 4) is 0 Å². The maximum absolute atomic E-state index is 6.27. The van der Waals surface area contributed by atoms with E-state index in [4.69, 9.17) is 11.6 Å². The van der Waals surface area contributed by atoms with Gasteiger partial charge in [0, 0.05) is 18.1 Å². The van der Waals surface area contributed by atoms with Crippen LogP contribution in [0.5, 0.6) is 0 Å². The molecule has 3 atom stereocenters. The molecule has 0 aliphatic heterocycles. The monoisotopic (exact) mass is 240 g/mol. The predicted octanol–water partition coefficient (Wildman–Crippen LogP) is 3.18. The van der Waals surface area contributed by atoms with Crippen LogP contribution in [0, 0.1) is 11.8 Å². The third-order valence-electron chi connectivity index (χ3n) is 3.99. The maximum atomic E-state index is 6.27. The highest BCUT2D eigenvalue weighted by atomic mass is 35.5. The Bertz CT molecular complexity index is 359. The second-order valence-corrected chi connectivity index (χ2v) is 5.58. The third kappa shape index (κ3) is 2.27. The van der Waals surface area contributed by atoms with E-state index in [0.717, 1.165) is 18.8 Å². The van der Waals surface area contributed by atoms with Crippen LogP contribution < -0.4 is 0 Å². The lowest BCUT2D eigenvalue weighted by Crippen LogP contribution is -2.14. The third-order valence-corrected chi connectivity index (χ3v) is 4.60. The zero-order valence-corrected chi connectivity index (χ0v) is 11.2. The molecule has 1 aliphatic rings. The van der Waals surface area contributed by atoms with Gasteiger partial charge in [0.2, 0.25) is 0 Å². The van der Waals surface area contributed by atoms with Gasteiger partial charge in [0.05, 0.1) is 5.69 Å². The molecule has 1 heterocycles. The Balaban J connectivity index is 2.06. The molecule has 0 aromatic carbocycles. The molecular formula is C13H21ClN2. The second kappa shape index (κ2) is 4.79. The van der Waals surface area contributed by atoms with Gasteiger partial charge in [-0.2, -0.15) is 5.10 Å². The second-order valence-electron chi connectivity index (χ2n) is 5.02. The fraction of sp³-hybridized carbons (Fsp3) is 0.769. The molecule has 2 rings (SSSR count). The minimum atomic E-state index is 0.379. The van der Waals surface area contributed by atoms with Crippen LogP contribution in [-0.4, -0.2) is 15.2 Å². The standard InChI is InChI=1S/C13H21ClN2/c1-4-11-8-12(16(3)15-11)7-10-5-6-13(14)9(10)2/h8-10,13H,4-7H2,1-3H3. The first-order valence-electron chi connectivity index (χ1n) is 6.27. The number of aromatic nitrogens is 2. The summed E-state index contributed by atoms with van der Waals surface area (Å²) in [5.74, 6) is 1.38. The topological polar surface area (TPSA) is 17.8 Å². The molecule has 0 amide bonds. The van der Waals surface area contributed by atoms with Crippen molar-refractivity contribution in [1.29, 1.82) is 0 Å². The average Bonchev–Trinajstić information content (AvgIpc) is 2.77. The largest absolute Gasteiger partial charge is 0.272 e. The summed E-state index contributed by atoms with van der Waals surface area (Å²) in [4.78, 5) is 0. The molecule has 16 heavy (non-hydrogen) atoms. The van der Waals surface area contributed by atoms with E-state index in [2.05, 4.69) is 25.0 Å². The zero-order valence-electron chi connectivity index (χ0n) is 10.4. The summed E-state index contributed by atoms with van der Waals surface area (Å²) in [6, 6.07) is 2.24. The minimum absolute atomic E-state index is 0.379. The highest BCUT2D eigenvalue weighted by Crippen LogP contribution is 2.37. The van der Waals surface area contributed by atoms with E-state index in [1.165, 1.54) is 24.2 Å². The van der Waals surface area contributed by atoms with Gasteiger partial charge in [0.15, 0.2) is 0 Å². The smallest absolute Gasteiger partial charge is 0.0624 e. The highest BCUT2D eigenvalue weighted by Gasteiger charge is 2.31. The molecule has 0 spiro atoms. The molecule has 1 aliphatic carbocycles. The summed E-state index contributed by atoms with van der Waals surface area (Å²) < 4.78 is 2.03. The van der Waals surface area contributed by atoms with Gasteiger partial charge in [-0.15, -0.1) is 11.6 Å². The number of hydrogen-bond donors (Lipinski definition) is 0. The van der Waals surface area contributed by atoms with Gasteiger partial charge in [-0.25, -0.2) is 0 Å². The molecule has 2 nitrogen and oxygen atoms in total. The highest BCUT2D eigenvalue weighted by molar-refractivity contribution is 6.20. The summed E-state index contributed by atoms with van der Waals surface area (Å²) >= 11 is 6.27. The number of rotatable bonds is 3. The lowest BCUT2D eigenvalue weighted by atomic mass is 9.93. The van der Waals surface area contributed by atoms with Crippen LogP contribution in [0.25, 0.3) is 0 Å². The Kier molecular flexibility index (Phi) is 3.58. The summed E-state index contributed by atoms with van der Waals surface area (Å²) in [5.41, 5.74) is 2.56. The Labute approximate surface area is 103 Å². The van der Waals surface area contributed by atoms with Crippen LogP contribution in [-0.2, 0) is 19.9 Å². The lowest BCUT2D eigenvalue weighted by molar-refractivity contribution is 0.409. The van der Waals surface area contributed by atoms with Gasteiger partial charge < -0.3 is 0 Å². The van der Waals surface area contributed by atoms with Gasteiger partial charge in [-0.3, -0.25) is 4.68 Å². The molecule has 0 radical (unpaired) electrons. The van der Waals surface area contributed by atoms with Crippen molar-refractivity contribution in [3.63, 3.8) is 0 Å².